The minimum atomic E-state index is -0.602. The van der Waals surface area contributed by atoms with Gasteiger partial charge in [0, 0.05) is 13.1 Å². The van der Waals surface area contributed by atoms with Crippen molar-refractivity contribution in [3.63, 3.8) is 0 Å². The first kappa shape index (κ1) is 13.6. The normalized spacial score (nSPS) is 19.9. The van der Waals surface area contributed by atoms with Crippen molar-refractivity contribution in [1.82, 2.24) is 4.90 Å². The molecule has 1 aromatic rings. The van der Waals surface area contributed by atoms with Crippen molar-refractivity contribution in [1.29, 1.82) is 0 Å². The third kappa shape index (κ3) is 2.93. The Bertz CT molecular complexity index is 380. The topological polar surface area (TPSA) is 23.5 Å². The van der Waals surface area contributed by atoms with Crippen molar-refractivity contribution in [2.45, 2.75) is 45.1 Å². The van der Waals surface area contributed by atoms with E-state index in [1.54, 1.807) is 0 Å². The molecule has 0 radical (unpaired) electrons. The van der Waals surface area contributed by atoms with E-state index in [0.717, 1.165) is 50.9 Å². The zero-order valence-electron chi connectivity index (χ0n) is 11.7. The number of aliphatic hydroxyl groups is 1. The lowest BCUT2D eigenvalue weighted by atomic mass is 9.83. The van der Waals surface area contributed by atoms with Gasteiger partial charge in [-0.25, -0.2) is 0 Å². The van der Waals surface area contributed by atoms with Crippen molar-refractivity contribution in [3.05, 3.63) is 35.4 Å². The Morgan fingerprint density at radius 3 is 2.56 bits per heavy atom. The molecule has 0 saturated carbocycles. The Balaban J connectivity index is 2.12. The number of benzene rings is 1. The van der Waals surface area contributed by atoms with Crippen LogP contribution in [0.4, 0.5) is 0 Å². The predicted molar refractivity (Wildman–Crippen MR) is 75.7 cm³/mol. The van der Waals surface area contributed by atoms with Gasteiger partial charge < -0.3 is 10.0 Å². The fraction of sp³-hybridized carbons (Fsp3) is 0.625. The molecule has 2 rings (SSSR count). The molecule has 0 atom stereocenters. The Hall–Kier alpha value is -0.860. The molecular formula is C16H25NO. The van der Waals surface area contributed by atoms with Gasteiger partial charge in [-0.15, -0.1) is 0 Å². The highest BCUT2D eigenvalue weighted by atomic mass is 16.3. The van der Waals surface area contributed by atoms with Gasteiger partial charge in [0.05, 0.1) is 5.60 Å². The summed E-state index contributed by atoms with van der Waals surface area (Å²) in [6.45, 7) is 7.48. The maximum Gasteiger partial charge on any atom is 0.0921 e. The van der Waals surface area contributed by atoms with Gasteiger partial charge in [0.25, 0.3) is 0 Å². The number of rotatable bonds is 4. The van der Waals surface area contributed by atoms with Crippen LogP contribution in [0, 0.1) is 0 Å². The highest BCUT2D eigenvalue weighted by molar-refractivity contribution is 5.29. The summed E-state index contributed by atoms with van der Waals surface area (Å²) in [4.78, 5) is 2.41. The lowest BCUT2D eigenvalue weighted by Crippen LogP contribution is -2.42. The van der Waals surface area contributed by atoms with E-state index >= 15 is 0 Å². The number of nitrogens with zero attached hydrogens (tertiary/aromatic N) is 1. The first-order valence-electron chi connectivity index (χ1n) is 7.22. The van der Waals surface area contributed by atoms with Crippen LogP contribution in [0.3, 0.4) is 0 Å². The number of aryl methyl sites for hydroxylation is 1. The molecule has 0 spiro atoms. The third-order valence-electron chi connectivity index (χ3n) is 4.13. The van der Waals surface area contributed by atoms with Crippen LogP contribution in [0.2, 0.25) is 0 Å². The van der Waals surface area contributed by atoms with Gasteiger partial charge in [-0.3, -0.25) is 0 Å². The van der Waals surface area contributed by atoms with Crippen LogP contribution < -0.4 is 0 Å². The standard InChI is InChI=1S/C16H25NO/c1-3-6-14-7-5-8-15(13-14)16(18)9-11-17(4-2)12-10-16/h5,7-8,13,18H,3-4,6,9-12H2,1-2H3. The lowest BCUT2D eigenvalue weighted by Gasteiger charge is -2.38. The first-order chi connectivity index (χ1) is 8.68. The van der Waals surface area contributed by atoms with Crippen LogP contribution in [-0.4, -0.2) is 29.6 Å². The van der Waals surface area contributed by atoms with Crippen LogP contribution in [0.1, 0.15) is 44.2 Å². The molecule has 0 unspecified atom stereocenters. The van der Waals surface area contributed by atoms with Crippen molar-refractivity contribution in [2.24, 2.45) is 0 Å². The Labute approximate surface area is 111 Å². The van der Waals surface area contributed by atoms with Crippen molar-refractivity contribution < 1.29 is 5.11 Å². The van der Waals surface area contributed by atoms with Gasteiger partial charge >= 0.3 is 0 Å². The van der Waals surface area contributed by atoms with E-state index < -0.39 is 5.60 Å². The Kier molecular flexibility index (Phi) is 4.41. The average molecular weight is 247 g/mol. The van der Waals surface area contributed by atoms with Crippen LogP contribution in [-0.2, 0) is 12.0 Å². The molecule has 1 aromatic carbocycles. The van der Waals surface area contributed by atoms with Gasteiger partial charge in [-0.05, 0) is 36.9 Å². The molecule has 0 bridgehead atoms. The highest BCUT2D eigenvalue weighted by Gasteiger charge is 2.33. The zero-order chi connectivity index (χ0) is 13.0. The second-order valence-corrected chi connectivity index (χ2v) is 5.42. The number of hydrogen-bond acceptors (Lipinski definition) is 2. The molecule has 1 heterocycles. The summed E-state index contributed by atoms with van der Waals surface area (Å²) in [5, 5.41) is 10.8. The Morgan fingerprint density at radius 1 is 1.22 bits per heavy atom. The van der Waals surface area contributed by atoms with Crippen LogP contribution >= 0.6 is 0 Å². The second kappa shape index (κ2) is 5.85. The number of hydrogen-bond donors (Lipinski definition) is 1. The van der Waals surface area contributed by atoms with Gasteiger partial charge in [0.1, 0.15) is 0 Å². The SMILES string of the molecule is CCCc1cccc(C2(O)CCN(CC)CC2)c1. The molecule has 18 heavy (non-hydrogen) atoms. The quantitative estimate of drug-likeness (QED) is 0.884. The molecule has 2 heteroatoms. The largest absolute Gasteiger partial charge is 0.385 e. The summed E-state index contributed by atoms with van der Waals surface area (Å²) in [5.41, 5.74) is 1.86. The fourth-order valence-electron chi connectivity index (χ4n) is 2.83. The summed E-state index contributed by atoms with van der Waals surface area (Å²) < 4.78 is 0. The van der Waals surface area contributed by atoms with Crippen LogP contribution in [0.15, 0.2) is 24.3 Å². The van der Waals surface area contributed by atoms with E-state index in [4.69, 9.17) is 0 Å². The van der Waals surface area contributed by atoms with Crippen LogP contribution in [0.25, 0.3) is 0 Å². The molecule has 1 aliphatic rings. The van der Waals surface area contributed by atoms with Crippen molar-refractivity contribution >= 4 is 0 Å². The van der Waals surface area contributed by atoms with E-state index in [-0.39, 0.29) is 0 Å². The molecule has 100 valence electrons. The Morgan fingerprint density at radius 2 is 1.94 bits per heavy atom. The van der Waals surface area contributed by atoms with E-state index in [9.17, 15) is 5.11 Å². The summed E-state index contributed by atoms with van der Waals surface area (Å²) in [6, 6.07) is 8.54. The maximum absolute atomic E-state index is 10.8. The predicted octanol–water partition coefficient (Wildman–Crippen LogP) is 2.94. The van der Waals surface area contributed by atoms with Gasteiger partial charge in [-0.2, -0.15) is 0 Å². The van der Waals surface area contributed by atoms with E-state index in [0.29, 0.717) is 0 Å². The summed E-state index contributed by atoms with van der Waals surface area (Å²) >= 11 is 0. The molecule has 1 N–H and O–H groups in total. The molecule has 0 amide bonds. The number of likely N-dealkylation sites (tertiary alicyclic amines) is 1. The molecule has 1 aliphatic heterocycles. The maximum atomic E-state index is 10.8. The van der Waals surface area contributed by atoms with Crippen molar-refractivity contribution in [3.8, 4) is 0 Å². The fourth-order valence-corrected chi connectivity index (χ4v) is 2.83. The highest BCUT2D eigenvalue weighted by Crippen LogP contribution is 2.33. The first-order valence-corrected chi connectivity index (χ1v) is 7.22. The summed E-state index contributed by atoms with van der Waals surface area (Å²) in [7, 11) is 0. The minimum absolute atomic E-state index is 0.602. The monoisotopic (exact) mass is 247 g/mol. The molecule has 2 nitrogen and oxygen atoms in total. The lowest BCUT2D eigenvalue weighted by molar-refractivity contribution is -0.0247. The van der Waals surface area contributed by atoms with Gasteiger partial charge in [0.15, 0.2) is 0 Å². The smallest absolute Gasteiger partial charge is 0.0921 e. The summed E-state index contributed by atoms with van der Waals surface area (Å²) in [6.07, 6.45) is 3.98. The molecule has 1 saturated heterocycles. The second-order valence-electron chi connectivity index (χ2n) is 5.42. The minimum Gasteiger partial charge on any atom is -0.385 e. The van der Waals surface area contributed by atoms with E-state index in [1.807, 2.05) is 0 Å². The van der Waals surface area contributed by atoms with Gasteiger partial charge in [-0.1, -0.05) is 44.5 Å². The molecule has 1 fully saturated rings. The zero-order valence-corrected chi connectivity index (χ0v) is 11.7. The molecule has 0 aliphatic carbocycles. The number of piperidine rings is 1. The van der Waals surface area contributed by atoms with Gasteiger partial charge in [0.2, 0.25) is 0 Å². The van der Waals surface area contributed by atoms with E-state index in [2.05, 4.69) is 43.0 Å². The average Bonchev–Trinajstić information content (AvgIpc) is 2.40. The van der Waals surface area contributed by atoms with E-state index in [1.165, 1.54) is 5.56 Å². The van der Waals surface area contributed by atoms with Crippen LogP contribution in [0.5, 0.6) is 0 Å². The molecule has 0 aromatic heterocycles. The molecular weight excluding hydrogens is 222 g/mol. The summed E-state index contributed by atoms with van der Waals surface area (Å²) in [5.74, 6) is 0. The van der Waals surface area contributed by atoms with Crippen molar-refractivity contribution in [2.75, 3.05) is 19.6 Å². The third-order valence-corrected chi connectivity index (χ3v) is 4.13.